The molecule has 0 bridgehead atoms. The summed E-state index contributed by atoms with van der Waals surface area (Å²) in [4.78, 5) is 11.0. The maximum atomic E-state index is 11.0. The summed E-state index contributed by atoms with van der Waals surface area (Å²) in [7, 11) is 0. The summed E-state index contributed by atoms with van der Waals surface area (Å²) in [5.41, 5.74) is 3.70. The lowest BCUT2D eigenvalue weighted by Gasteiger charge is -2.18. The smallest absolute Gasteiger partial charge is 0.335 e. The zero-order chi connectivity index (χ0) is 15.4. The van der Waals surface area contributed by atoms with Crippen LogP contribution in [-0.2, 0) is 0 Å². The van der Waals surface area contributed by atoms with E-state index in [1.807, 2.05) is 26.0 Å². The van der Waals surface area contributed by atoms with Crippen molar-refractivity contribution < 1.29 is 9.90 Å². The molecular weight excluding hydrogens is 264 g/mol. The second-order valence-electron chi connectivity index (χ2n) is 4.93. The van der Waals surface area contributed by atoms with Crippen molar-refractivity contribution in [2.75, 3.05) is 5.32 Å². The van der Waals surface area contributed by atoms with E-state index in [-0.39, 0.29) is 11.6 Å². The van der Waals surface area contributed by atoms with Gasteiger partial charge in [-0.25, -0.2) is 4.79 Å². The quantitative estimate of drug-likeness (QED) is 0.894. The van der Waals surface area contributed by atoms with Gasteiger partial charge in [-0.2, -0.15) is 5.26 Å². The molecule has 0 aromatic heterocycles. The summed E-state index contributed by atoms with van der Waals surface area (Å²) < 4.78 is 0. The molecule has 1 unspecified atom stereocenters. The van der Waals surface area contributed by atoms with Crippen LogP contribution in [0.15, 0.2) is 42.5 Å². The van der Waals surface area contributed by atoms with Gasteiger partial charge in [-0.05, 0) is 49.2 Å². The van der Waals surface area contributed by atoms with Gasteiger partial charge in [0.2, 0.25) is 0 Å². The van der Waals surface area contributed by atoms with Gasteiger partial charge in [0.25, 0.3) is 0 Å². The first-order chi connectivity index (χ1) is 10.0. The number of nitrogens with zero attached hydrogens (tertiary/aromatic N) is 1. The fraction of sp³-hybridized carbons (Fsp3) is 0.176. The molecule has 0 heterocycles. The SMILES string of the molecule is Cc1ccc(C(=O)O)cc1NC(C)c1ccc(C#N)cc1. The Morgan fingerprint density at radius 3 is 2.48 bits per heavy atom. The van der Waals surface area contributed by atoms with Crippen molar-refractivity contribution in [1.29, 1.82) is 5.26 Å². The van der Waals surface area contributed by atoms with E-state index in [1.54, 1.807) is 30.3 Å². The number of nitriles is 1. The molecular formula is C17H16N2O2. The summed E-state index contributed by atoms with van der Waals surface area (Å²) in [5, 5.41) is 21.2. The van der Waals surface area contributed by atoms with E-state index >= 15 is 0 Å². The molecule has 0 amide bonds. The van der Waals surface area contributed by atoms with E-state index in [0.717, 1.165) is 16.8 Å². The van der Waals surface area contributed by atoms with Crippen molar-refractivity contribution in [1.82, 2.24) is 0 Å². The number of carboxylic acids is 1. The van der Waals surface area contributed by atoms with Gasteiger partial charge in [-0.1, -0.05) is 18.2 Å². The standard InChI is InChI=1S/C17H16N2O2/c1-11-3-6-15(17(20)21)9-16(11)19-12(2)14-7-4-13(10-18)5-8-14/h3-9,12,19H,1-2H3,(H,20,21). The van der Waals surface area contributed by atoms with E-state index in [9.17, 15) is 4.79 Å². The van der Waals surface area contributed by atoms with Crippen molar-refractivity contribution in [3.05, 3.63) is 64.7 Å². The van der Waals surface area contributed by atoms with Gasteiger partial charge in [-0.3, -0.25) is 0 Å². The van der Waals surface area contributed by atoms with E-state index in [0.29, 0.717) is 5.56 Å². The largest absolute Gasteiger partial charge is 0.478 e. The Morgan fingerprint density at radius 2 is 1.90 bits per heavy atom. The first kappa shape index (κ1) is 14.6. The van der Waals surface area contributed by atoms with Crippen LogP contribution in [0.4, 0.5) is 5.69 Å². The Kier molecular flexibility index (Phi) is 4.24. The third-order valence-electron chi connectivity index (χ3n) is 3.40. The molecule has 0 saturated heterocycles. The number of carboxylic acid groups (broad SMARTS) is 1. The van der Waals surface area contributed by atoms with Gasteiger partial charge in [0.1, 0.15) is 0 Å². The van der Waals surface area contributed by atoms with Crippen LogP contribution in [0.25, 0.3) is 0 Å². The van der Waals surface area contributed by atoms with Crippen LogP contribution in [0.2, 0.25) is 0 Å². The molecule has 1 atom stereocenters. The monoisotopic (exact) mass is 280 g/mol. The number of benzene rings is 2. The third kappa shape index (κ3) is 3.40. The van der Waals surface area contributed by atoms with Crippen molar-refractivity contribution in [3.8, 4) is 6.07 Å². The molecule has 0 aliphatic carbocycles. The van der Waals surface area contributed by atoms with Gasteiger partial charge >= 0.3 is 5.97 Å². The lowest BCUT2D eigenvalue weighted by molar-refractivity contribution is 0.0697. The Hall–Kier alpha value is -2.80. The van der Waals surface area contributed by atoms with E-state index < -0.39 is 5.97 Å². The highest BCUT2D eigenvalue weighted by Gasteiger charge is 2.10. The van der Waals surface area contributed by atoms with Crippen LogP contribution < -0.4 is 5.32 Å². The fourth-order valence-electron chi connectivity index (χ4n) is 2.07. The van der Waals surface area contributed by atoms with Gasteiger partial charge in [0.15, 0.2) is 0 Å². The van der Waals surface area contributed by atoms with E-state index in [4.69, 9.17) is 10.4 Å². The van der Waals surface area contributed by atoms with Crippen molar-refractivity contribution >= 4 is 11.7 Å². The minimum atomic E-state index is -0.941. The van der Waals surface area contributed by atoms with Crippen LogP contribution in [0.5, 0.6) is 0 Å². The highest BCUT2D eigenvalue weighted by atomic mass is 16.4. The molecule has 4 nitrogen and oxygen atoms in total. The van der Waals surface area contributed by atoms with Crippen molar-refractivity contribution in [3.63, 3.8) is 0 Å². The number of rotatable bonds is 4. The predicted molar refractivity (Wildman–Crippen MR) is 81.3 cm³/mol. The Morgan fingerprint density at radius 1 is 1.24 bits per heavy atom. The molecule has 0 spiro atoms. The summed E-state index contributed by atoms with van der Waals surface area (Å²) in [5.74, 6) is -0.941. The Bertz CT molecular complexity index is 700. The van der Waals surface area contributed by atoms with Crippen LogP contribution >= 0.6 is 0 Å². The molecule has 2 N–H and O–H groups in total. The van der Waals surface area contributed by atoms with Crippen molar-refractivity contribution in [2.24, 2.45) is 0 Å². The highest BCUT2D eigenvalue weighted by Crippen LogP contribution is 2.23. The fourth-order valence-corrected chi connectivity index (χ4v) is 2.07. The summed E-state index contributed by atoms with van der Waals surface area (Å²) in [6, 6.07) is 14.5. The number of anilines is 1. The zero-order valence-electron chi connectivity index (χ0n) is 11.9. The van der Waals surface area contributed by atoms with Crippen LogP contribution in [0, 0.1) is 18.3 Å². The molecule has 0 fully saturated rings. The summed E-state index contributed by atoms with van der Waals surface area (Å²) in [6.45, 7) is 3.92. The molecule has 0 aliphatic heterocycles. The minimum Gasteiger partial charge on any atom is -0.478 e. The summed E-state index contributed by atoms with van der Waals surface area (Å²) in [6.07, 6.45) is 0. The normalized spacial score (nSPS) is 11.5. The highest BCUT2D eigenvalue weighted by molar-refractivity contribution is 5.89. The molecule has 2 aromatic carbocycles. The Labute approximate surface area is 123 Å². The van der Waals surface area contributed by atoms with Crippen LogP contribution in [0.1, 0.15) is 40.0 Å². The topological polar surface area (TPSA) is 73.1 Å². The number of carbonyl (C=O) groups is 1. The maximum absolute atomic E-state index is 11.0. The number of hydrogen-bond donors (Lipinski definition) is 2. The number of hydrogen-bond acceptors (Lipinski definition) is 3. The molecule has 0 radical (unpaired) electrons. The minimum absolute atomic E-state index is 0.0143. The molecule has 21 heavy (non-hydrogen) atoms. The van der Waals surface area contributed by atoms with Gasteiger partial charge in [-0.15, -0.1) is 0 Å². The van der Waals surface area contributed by atoms with Gasteiger partial charge < -0.3 is 10.4 Å². The molecule has 106 valence electrons. The maximum Gasteiger partial charge on any atom is 0.335 e. The Balaban J connectivity index is 2.22. The van der Waals surface area contributed by atoms with Crippen LogP contribution in [-0.4, -0.2) is 11.1 Å². The molecule has 2 rings (SSSR count). The number of aromatic carboxylic acids is 1. The zero-order valence-corrected chi connectivity index (χ0v) is 11.9. The van der Waals surface area contributed by atoms with Gasteiger partial charge in [0, 0.05) is 11.7 Å². The van der Waals surface area contributed by atoms with Crippen molar-refractivity contribution in [2.45, 2.75) is 19.9 Å². The number of nitrogens with one attached hydrogen (secondary N) is 1. The van der Waals surface area contributed by atoms with E-state index in [2.05, 4.69) is 11.4 Å². The molecule has 0 aliphatic rings. The van der Waals surface area contributed by atoms with Gasteiger partial charge in [0.05, 0.1) is 17.2 Å². The summed E-state index contributed by atoms with van der Waals surface area (Å²) >= 11 is 0. The first-order valence-corrected chi connectivity index (χ1v) is 6.62. The van der Waals surface area contributed by atoms with Crippen LogP contribution in [0.3, 0.4) is 0 Å². The second-order valence-corrected chi connectivity index (χ2v) is 4.93. The lowest BCUT2D eigenvalue weighted by Crippen LogP contribution is -2.09. The third-order valence-corrected chi connectivity index (χ3v) is 3.40. The predicted octanol–water partition coefficient (Wildman–Crippen LogP) is 3.74. The van der Waals surface area contributed by atoms with E-state index in [1.165, 1.54) is 0 Å². The average molecular weight is 280 g/mol. The molecule has 0 saturated carbocycles. The molecule has 4 heteroatoms. The molecule has 2 aromatic rings. The average Bonchev–Trinajstić information content (AvgIpc) is 2.49. The lowest BCUT2D eigenvalue weighted by atomic mass is 10.0. The number of aryl methyl sites for hydroxylation is 1. The second kappa shape index (κ2) is 6.10. The first-order valence-electron chi connectivity index (χ1n) is 6.62.